The first-order valence-electron chi connectivity index (χ1n) is 17.0. The van der Waals surface area contributed by atoms with Crippen molar-refractivity contribution in [3.63, 3.8) is 0 Å². The number of esters is 2. The predicted molar refractivity (Wildman–Crippen MR) is 174 cm³/mol. The second kappa shape index (κ2) is 25.2. The molecule has 0 saturated carbocycles. The molecule has 1 aliphatic rings. The molecule has 0 aliphatic carbocycles. The average Bonchev–Trinajstić information content (AvgIpc) is 2.98. The SMILES string of the molecule is CCCCCCCCCCCCC(=O)O[C@H]1C(SC)O[C@H](CO)[C@@H](OS(=O)(=O)O)[C@@H]1OC(=O)CCCCCCCCCCC. The van der Waals surface area contributed by atoms with E-state index in [4.69, 9.17) is 18.4 Å². The fourth-order valence-corrected chi connectivity index (χ4v) is 6.74. The molecule has 12 heteroatoms. The topological polar surface area (TPSA) is 146 Å². The summed E-state index contributed by atoms with van der Waals surface area (Å²) in [6.07, 6.45) is 17.4. The molecule has 0 amide bonds. The lowest BCUT2D eigenvalue weighted by Gasteiger charge is -2.43. The van der Waals surface area contributed by atoms with Crippen LogP contribution in [0.5, 0.6) is 0 Å². The van der Waals surface area contributed by atoms with Gasteiger partial charge in [-0.1, -0.05) is 123 Å². The van der Waals surface area contributed by atoms with Crippen LogP contribution in [0.15, 0.2) is 0 Å². The quantitative estimate of drug-likeness (QED) is 0.0516. The van der Waals surface area contributed by atoms with E-state index in [-0.39, 0.29) is 12.8 Å². The number of carbonyl (C=O) groups excluding carboxylic acids is 2. The predicted octanol–water partition coefficient (Wildman–Crippen LogP) is 7.31. The minimum Gasteiger partial charge on any atom is -0.455 e. The van der Waals surface area contributed by atoms with Crippen LogP contribution in [0, 0.1) is 0 Å². The minimum atomic E-state index is -5.01. The first kappa shape index (κ1) is 41.1. The van der Waals surface area contributed by atoms with E-state index < -0.39 is 58.8 Å². The fourth-order valence-electron chi connectivity index (χ4n) is 5.49. The Morgan fingerprint density at radius 1 is 0.659 bits per heavy atom. The van der Waals surface area contributed by atoms with Gasteiger partial charge in [-0.05, 0) is 19.1 Å². The fraction of sp³-hybridized carbons (Fsp3) is 0.938. The zero-order chi connectivity index (χ0) is 32.6. The smallest absolute Gasteiger partial charge is 0.397 e. The van der Waals surface area contributed by atoms with Gasteiger partial charge >= 0.3 is 22.3 Å². The standard InChI is InChI=1S/C32H60O10S2/c1-4-6-8-10-12-14-16-18-20-22-24-28(35)41-31-30(29(42-44(36,37)38)26(25-33)39-32(31)43-3)40-27(34)23-21-19-17-15-13-11-9-7-5-2/h26,29-33H,4-25H2,1-3H3,(H,36,37,38)/t26-,29-,30+,31-,32?/m1/s1. The molecule has 0 aromatic carbocycles. The van der Waals surface area contributed by atoms with Gasteiger partial charge in [-0.25, -0.2) is 4.18 Å². The molecule has 5 atom stereocenters. The highest BCUT2D eigenvalue weighted by molar-refractivity contribution is 7.99. The van der Waals surface area contributed by atoms with Crippen molar-refractivity contribution in [3.05, 3.63) is 0 Å². The Hall–Kier alpha value is -0.920. The minimum absolute atomic E-state index is 0.0960. The largest absolute Gasteiger partial charge is 0.455 e. The Morgan fingerprint density at radius 3 is 1.41 bits per heavy atom. The lowest BCUT2D eigenvalue weighted by molar-refractivity contribution is -0.225. The normalized spacial score (nSPS) is 22.2. The number of aliphatic hydroxyl groups excluding tert-OH is 1. The molecule has 0 aromatic heterocycles. The summed E-state index contributed by atoms with van der Waals surface area (Å²) in [6.45, 7) is 3.73. The Kier molecular flexibility index (Phi) is 23.5. The molecule has 1 aliphatic heterocycles. The van der Waals surface area contributed by atoms with Crippen molar-refractivity contribution in [3.8, 4) is 0 Å². The van der Waals surface area contributed by atoms with Crippen molar-refractivity contribution in [2.45, 2.75) is 179 Å². The molecule has 2 N–H and O–H groups in total. The van der Waals surface area contributed by atoms with Gasteiger partial charge in [0, 0.05) is 12.8 Å². The lowest BCUT2D eigenvalue weighted by Crippen LogP contribution is -2.61. The van der Waals surface area contributed by atoms with Crippen LogP contribution in [0.3, 0.4) is 0 Å². The summed E-state index contributed by atoms with van der Waals surface area (Å²) in [5.74, 6) is -1.12. The van der Waals surface area contributed by atoms with Gasteiger partial charge in [0.25, 0.3) is 0 Å². The molecule has 1 saturated heterocycles. The third-order valence-electron chi connectivity index (χ3n) is 7.99. The average molecular weight is 669 g/mol. The van der Waals surface area contributed by atoms with Gasteiger partial charge in [-0.15, -0.1) is 11.8 Å². The molecule has 0 aromatic rings. The van der Waals surface area contributed by atoms with Crippen LogP contribution in [0.1, 0.15) is 149 Å². The maximum atomic E-state index is 12.9. The molecule has 1 heterocycles. The van der Waals surface area contributed by atoms with Crippen LogP contribution in [0.4, 0.5) is 0 Å². The summed E-state index contributed by atoms with van der Waals surface area (Å²) in [4.78, 5) is 25.7. The molecule has 260 valence electrons. The van der Waals surface area contributed by atoms with E-state index in [1.807, 2.05) is 0 Å². The van der Waals surface area contributed by atoms with Crippen LogP contribution in [0.25, 0.3) is 0 Å². The van der Waals surface area contributed by atoms with Crippen LogP contribution < -0.4 is 0 Å². The summed E-state index contributed by atoms with van der Waals surface area (Å²) in [6, 6.07) is 0. The van der Waals surface area contributed by atoms with Gasteiger partial charge in [-0.3, -0.25) is 14.1 Å². The number of thioether (sulfide) groups is 1. The van der Waals surface area contributed by atoms with E-state index in [2.05, 4.69) is 13.8 Å². The van der Waals surface area contributed by atoms with Crippen molar-refractivity contribution in [2.24, 2.45) is 0 Å². The van der Waals surface area contributed by atoms with E-state index in [0.29, 0.717) is 12.8 Å². The molecule has 1 unspecified atom stereocenters. The highest BCUT2D eigenvalue weighted by atomic mass is 32.3. The second-order valence-electron chi connectivity index (χ2n) is 11.9. The maximum absolute atomic E-state index is 12.9. The van der Waals surface area contributed by atoms with Gasteiger partial charge in [0.2, 0.25) is 0 Å². The van der Waals surface area contributed by atoms with E-state index in [1.165, 1.54) is 82.4 Å². The van der Waals surface area contributed by atoms with E-state index >= 15 is 0 Å². The van der Waals surface area contributed by atoms with Crippen LogP contribution in [0.2, 0.25) is 0 Å². The third kappa shape index (κ3) is 18.9. The maximum Gasteiger partial charge on any atom is 0.397 e. The molecular formula is C32H60O10S2. The first-order valence-corrected chi connectivity index (χ1v) is 19.7. The third-order valence-corrected chi connectivity index (χ3v) is 9.30. The van der Waals surface area contributed by atoms with Gasteiger partial charge in [0.15, 0.2) is 12.2 Å². The van der Waals surface area contributed by atoms with Crippen molar-refractivity contribution >= 4 is 34.1 Å². The van der Waals surface area contributed by atoms with Crippen molar-refractivity contribution < 1.29 is 46.1 Å². The van der Waals surface area contributed by atoms with E-state index in [0.717, 1.165) is 38.5 Å². The van der Waals surface area contributed by atoms with Crippen molar-refractivity contribution in [1.82, 2.24) is 0 Å². The molecular weight excluding hydrogens is 608 g/mol. The molecule has 44 heavy (non-hydrogen) atoms. The first-order chi connectivity index (χ1) is 21.2. The molecule has 1 fully saturated rings. The number of hydrogen-bond donors (Lipinski definition) is 2. The number of ether oxygens (including phenoxy) is 3. The Morgan fingerprint density at radius 2 is 1.05 bits per heavy atom. The van der Waals surface area contributed by atoms with Gasteiger partial charge in [0.1, 0.15) is 17.6 Å². The molecule has 10 nitrogen and oxygen atoms in total. The highest BCUT2D eigenvalue weighted by Gasteiger charge is 2.52. The summed E-state index contributed by atoms with van der Waals surface area (Å²) in [5.41, 5.74) is -0.851. The van der Waals surface area contributed by atoms with Crippen LogP contribution >= 0.6 is 11.8 Å². The van der Waals surface area contributed by atoms with Gasteiger partial charge < -0.3 is 19.3 Å². The van der Waals surface area contributed by atoms with Gasteiger partial charge in [-0.2, -0.15) is 8.42 Å². The zero-order valence-electron chi connectivity index (χ0n) is 27.4. The molecule has 0 spiro atoms. The summed E-state index contributed by atoms with van der Waals surface area (Å²) in [7, 11) is -5.01. The van der Waals surface area contributed by atoms with Crippen LogP contribution in [-0.4, -0.2) is 72.7 Å². The molecule has 0 bridgehead atoms. The Balaban J connectivity index is 2.72. The Labute approximate surface area is 271 Å². The number of carbonyl (C=O) groups is 2. The Bertz CT molecular complexity index is 854. The number of aliphatic hydroxyl groups is 1. The molecule has 1 rings (SSSR count). The van der Waals surface area contributed by atoms with Gasteiger partial charge in [0.05, 0.1) is 6.61 Å². The summed E-state index contributed by atoms with van der Waals surface area (Å²) in [5, 5.41) is 9.90. The number of hydrogen-bond acceptors (Lipinski definition) is 10. The van der Waals surface area contributed by atoms with E-state index in [9.17, 15) is 27.7 Å². The zero-order valence-corrected chi connectivity index (χ0v) is 29.1. The second-order valence-corrected chi connectivity index (χ2v) is 13.9. The number of rotatable bonds is 27. The lowest BCUT2D eigenvalue weighted by atomic mass is 9.99. The van der Waals surface area contributed by atoms with Crippen molar-refractivity contribution in [2.75, 3.05) is 12.9 Å². The highest BCUT2D eigenvalue weighted by Crippen LogP contribution is 2.34. The van der Waals surface area contributed by atoms with Crippen molar-refractivity contribution in [1.29, 1.82) is 0 Å². The summed E-state index contributed by atoms with van der Waals surface area (Å²) < 4.78 is 54.8. The van der Waals surface area contributed by atoms with Crippen LogP contribution in [-0.2, 0) is 38.4 Å². The number of unbranched alkanes of at least 4 members (excludes halogenated alkanes) is 17. The molecule has 0 radical (unpaired) electrons. The van der Waals surface area contributed by atoms with E-state index in [1.54, 1.807) is 6.26 Å². The monoisotopic (exact) mass is 668 g/mol. The summed E-state index contributed by atoms with van der Waals surface area (Å²) >= 11 is 1.17.